The molecule has 1 aromatic carbocycles. The maximum atomic E-state index is 5.69. The number of unbranched alkanes of at least 4 members (excludes halogenated alkanes) is 4. The van der Waals surface area contributed by atoms with Gasteiger partial charge in [0.1, 0.15) is 5.75 Å². The van der Waals surface area contributed by atoms with E-state index >= 15 is 0 Å². The van der Waals surface area contributed by atoms with Crippen molar-refractivity contribution < 1.29 is 4.74 Å². The van der Waals surface area contributed by atoms with Gasteiger partial charge in [0.15, 0.2) is 0 Å². The normalized spacial score (nSPS) is 10.8. The molecule has 0 spiro atoms. The quantitative estimate of drug-likeness (QED) is 0.417. The molecule has 3 heteroatoms. The SMILES string of the molecule is CCCCCCCOc1ccc(C(Br)Br)cc1. The molecule has 96 valence electrons. The maximum absolute atomic E-state index is 5.69. The van der Waals surface area contributed by atoms with Crippen LogP contribution in [-0.4, -0.2) is 6.61 Å². The molecule has 0 saturated heterocycles. The first-order chi connectivity index (χ1) is 8.24. The van der Waals surface area contributed by atoms with Gasteiger partial charge in [-0.15, -0.1) is 0 Å². The van der Waals surface area contributed by atoms with Crippen molar-refractivity contribution in [3.8, 4) is 5.75 Å². The van der Waals surface area contributed by atoms with E-state index in [1.54, 1.807) is 0 Å². The summed E-state index contributed by atoms with van der Waals surface area (Å²) >= 11 is 6.94. The van der Waals surface area contributed by atoms with Crippen LogP contribution in [0.15, 0.2) is 24.3 Å². The molecule has 1 rings (SSSR count). The smallest absolute Gasteiger partial charge is 0.119 e. The fourth-order valence-corrected chi connectivity index (χ4v) is 2.22. The molecule has 0 N–H and O–H groups in total. The molecule has 1 aromatic rings. The highest BCUT2D eigenvalue weighted by Gasteiger charge is 2.01. The Kier molecular flexibility index (Phi) is 7.95. The van der Waals surface area contributed by atoms with E-state index in [2.05, 4.69) is 50.9 Å². The number of benzene rings is 1. The summed E-state index contributed by atoms with van der Waals surface area (Å²) in [5.74, 6) is 0.963. The Balaban J connectivity index is 2.19. The Morgan fingerprint density at radius 3 is 2.24 bits per heavy atom. The van der Waals surface area contributed by atoms with Crippen LogP contribution in [0, 0.1) is 0 Å². The maximum Gasteiger partial charge on any atom is 0.119 e. The minimum Gasteiger partial charge on any atom is -0.494 e. The van der Waals surface area contributed by atoms with Gasteiger partial charge in [0.25, 0.3) is 0 Å². The van der Waals surface area contributed by atoms with E-state index in [0.717, 1.165) is 18.8 Å². The second-order valence-corrected chi connectivity index (χ2v) is 7.19. The number of alkyl halides is 2. The third kappa shape index (κ3) is 6.46. The molecule has 0 unspecified atom stereocenters. The molecular weight excluding hydrogens is 344 g/mol. The second kappa shape index (κ2) is 8.98. The van der Waals surface area contributed by atoms with Gasteiger partial charge in [-0.25, -0.2) is 0 Å². The summed E-state index contributed by atoms with van der Waals surface area (Å²) in [4.78, 5) is 0. The molecule has 0 heterocycles. The highest BCUT2D eigenvalue weighted by atomic mass is 79.9. The molecule has 0 atom stereocenters. The third-order valence-electron chi connectivity index (χ3n) is 2.65. The van der Waals surface area contributed by atoms with Crippen LogP contribution in [0.25, 0.3) is 0 Å². The average molecular weight is 364 g/mol. The molecular formula is C14H20Br2O. The molecule has 0 aliphatic carbocycles. The minimum atomic E-state index is 0.220. The zero-order valence-electron chi connectivity index (χ0n) is 10.3. The summed E-state index contributed by atoms with van der Waals surface area (Å²) in [6.45, 7) is 3.06. The van der Waals surface area contributed by atoms with E-state index in [4.69, 9.17) is 4.74 Å². The first-order valence-electron chi connectivity index (χ1n) is 6.25. The highest BCUT2D eigenvalue weighted by Crippen LogP contribution is 2.30. The number of ether oxygens (including phenoxy) is 1. The average Bonchev–Trinajstić information content (AvgIpc) is 2.34. The van der Waals surface area contributed by atoms with Crippen molar-refractivity contribution in [1.82, 2.24) is 0 Å². The minimum absolute atomic E-state index is 0.220. The van der Waals surface area contributed by atoms with E-state index in [9.17, 15) is 0 Å². The van der Waals surface area contributed by atoms with Crippen molar-refractivity contribution in [2.24, 2.45) is 0 Å². The van der Waals surface area contributed by atoms with Crippen LogP contribution in [0.5, 0.6) is 5.75 Å². The molecule has 0 saturated carbocycles. The van der Waals surface area contributed by atoms with Gasteiger partial charge in [0.2, 0.25) is 0 Å². The van der Waals surface area contributed by atoms with Crippen molar-refractivity contribution in [3.63, 3.8) is 0 Å². The Labute approximate surface area is 121 Å². The molecule has 1 nitrogen and oxygen atoms in total. The van der Waals surface area contributed by atoms with Crippen LogP contribution in [0.1, 0.15) is 48.3 Å². The van der Waals surface area contributed by atoms with Crippen molar-refractivity contribution in [1.29, 1.82) is 0 Å². The lowest BCUT2D eigenvalue weighted by Gasteiger charge is -2.07. The summed E-state index contributed by atoms with van der Waals surface area (Å²) in [5.41, 5.74) is 1.21. The summed E-state index contributed by atoms with van der Waals surface area (Å²) in [7, 11) is 0. The van der Waals surface area contributed by atoms with Crippen LogP contribution in [-0.2, 0) is 0 Å². The lowest BCUT2D eigenvalue weighted by Crippen LogP contribution is -1.97. The van der Waals surface area contributed by atoms with E-state index in [1.807, 2.05) is 12.1 Å². The molecule has 0 radical (unpaired) electrons. The van der Waals surface area contributed by atoms with Gasteiger partial charge in [-0.1, -0.05) is 76.6 Å². The van der Waals surface area contributed by atoms with E-state index < -0.39 is 0 Å². The largest absolute Gasteiger partial charge is 0.494 e. The van der Waals surface area contributed by atoms with E-state index in [0.29, 0.717) is 0 Å². The third-order valence-corrected chi connectivity index (χ3v) is 3.71. The lowest BCUT2D eigenvalue weighted by molar-refractivity contribution is 0.304. The fraction of sp³-hybridized carbons (Fsp3) is 0.571. The Bertz CT molecular complexity index is 296. The topological polar surface area (TPSA) is 9.23 Å². The Morgan fingerprint density at radius 1 is 1.00 bits per heavy atom. The fourth-order valence-electron chi connectivity index (χ4n) is 1.61. The molecule has 0 fully saturated rings. The van der Waals surface area contributed by atoms with Gasteiger partial charge in [0.05, 0.1) is 10.3 Å². The highest BCUT2D eigenvalue weighted by molar-refractivity contribution is 9.24. The number of rotatable bonds is 8. The Morgan fingerprint density at radius 2 is 1.65 bits per heavy atom. The second-order valence-electron chi connectivity index (χ2n) is 4.13. The summed E-state index contributed by atoms with van der Waals surface area (Å²) < 4.78 is 5.91. The van der Waals surface area contributed by atoms with E-state index in [1.165, 1.54) is 31.2 Å². The van der Waals surface area contributed by atoms with Crippen molar-refractivity contribution in [2.45, 2.75) is 42.8 Å². The molecule has 0 aliphatic heterocycles. The van der Waals surface area contributed by atoms with Crippen LogP contribution >= 0.6 is 31.9 Å². The zero-order valence-corrected chi connectivity index (χ0v) is 13.5. The molecule has 0 aliphatic rings. The van der Waals surface area contributed by atoms with Gasteiger partial charge >= 0.3 is 0 Å². The van der Waals surface area contributed by atoms with Crippen molar-refractivity contribution in [3.05, 3.63) is 29.8 Å². The van der Waals surface area contributed by atoms with Gasteiger partial charge in [-0.05, 0) is 24.1 Å². The van der Waals surface area contributed by atoms with Gasteiger partial charge in [-0.3, -0.25) is 0 Å². The molecule has 0 amide bonds. The predicted molar refractivity (Wildman–Crippen MR) is 81.3 cm³/mol. The van der Waals surface area contributed by atoms with Crippen LogP contribution in [0.2, 0.25) is 0 Å². The monoisotopic (exact) mass is 362 g/mol. The van der Waals surface area contributed by atoms with Crippen LogP contribution in [0.4, 0.5) is 0 Å². The predicted octanol–water partition coefficient (Wildman–Crippen LogP) is 5.82. The molecule has 17 heavy (non-hydrogen) atoms. The molecule has 0 aromatic heterocycles. The van der Waals surface area contributed by atoms with Crippen molar-refractivity contribution in [2.75, 3.05) is 6.61 Å². The summed E-state index contributed by atoms with van der Waals surface area (Å²) in [6, 6.07) is 8.19. The van der Waals surface area contributed by atoms with Gasteiger partial charge < -0.3 is 4.74 Å². The first-order valence-corrected chi connectivity index (χ1v) is 8.08. The standard InChI is InChI=1S/C14H20Br2O/c1-2-3-4-5-6-11-17-13-9-7-12(8-10-13)14(15)16/h7-10,14H,2-6,11H2,1H3. The zero-order chi connectivity index (χ0) is 12.5. The summed E-state index contributed by atoms with van der Waals surface area (Å²) in [5, 5.41) is 0. The van der Waals surface area contributed by atoms with Gasteiger partial charge in [-0.2, -0.15) is 0 Å². The first kappa shape index (κ1) is 15.0. The number of halogens is 2. The van der Waals surface area contributed by atoms with Gasteiger partial charge in [0, 0.05) is 0 Å². The Hall–Kier alpha value is -0.0200. The molecule has 0 bridgehead atoms. The number of hydrogen-bond donors (Lipinski definition) is 0. The van der Waals surface area contributed by atoms with Crippen molar-refractivity contribution >= 4 is 31.9 Å². The van der Waals surface area contributed by atoms with Crippen LogP contribution < -0.4 is 4.74 Å². The van der Waals surface area contributed by atoms with Crippen LogP contribution in [0.3, 0.4) is 0 Å². The summed E-state index contributed by atoms with van der Waals surface area (Å²) in [6.07, 6.45) is 6.39. The van der Waals surface area contributed by atoms with E-state index in [-0.39, 0.29) is 3.74 Å². The lowest BCUT2D eigenvalue weighted by atomic mass is 10.2. The number of hydrogen-bond acceptors (Lipinski definition) is 1.